The predicted octanol–water partition coefficient (Wildman–Crippen LogP) is 4.36. The molecule has 0 amide bonds. The van der Waals surface area contributed by atoms with Gasteiger partial charge in [-0.3, -0.25) is 9.09 Å². The van der Waals surface area contributed by atoms with E-state index in [4.69, 9.17) is 4.52 Å². The van der Waals surface area contributed by atoms with Crippen LogP contribution in [-0.4, -0.2) is 11.1 Å². The van der Waals surface area contributed by atoms with Gasteiger partial charge < -0.3 is 4.89 Å². The quantitative estimate of drug-likeness (QED) is 0.610. The predicted molar refractivity (Wildman–Crippen MR) is 85.3 cm³/mol. The van der Waals surface area contributed by atoms with Crippen LogP contribution >= 0.6 is 7.60 Å². The van der Waals surface area contributed by atoms with E-state index in [2.05, 4.69) is 6.58 Å². The molecule has 0 aliphatic rings. The molecule has 2 unspecified atom stereocenters. The van der Waals surface area contributed by atoms with Crippen LogP contribution in [0.5, 0.6) is 0 Å². The lowest BCUT2D eigenvalue weighted by Crippen LogP contribution is -2.07. The fraction of sp³-hybridized carbons (Fsp3) is 0.176. The van der Waals surface area contributed by atoms with Crippen LogP contribution < -0.4 is 0 Å². The zero-order valence-corrected chi connectivity index (χ0v) is 12.7. The Labute approximate surface area is 125 Å². The van der Waals surface area contributed by atoms with Crippen LogP contribution in [-0.2, 0) is 15.5 Å². The van der Waals surface area contributed by atoms with Gasteiger partial charge in [0.15, 0.2) is 0 Å². The molecular weight excluding hydrogens is 283 g/mol. The lowest BCUT2D eigenvalue weighted by Gasteiger charge is -2.21. The summed E-state index contributed by atoms with van der Waals surface area (Å²) in [6, 6.07) is 19.3. The minimum absolute atomic E-state index is 0.0505. The first kappa shape index (κ1) is 15.7. The molecule has 21 heavy (non-hydrogen) atoms. The molecule has 1 N–H and O–H groups in total. The minimum Gasteiger partial charge on any atom is -0.324 e. The Kier molecular flexibility index (Phi) is 5.51. The van der Waals surface area contributed by atoms with Crippen molar-refractivity contribution in [3.05, 3.63) is 84.4 Å². The molecule has 3 nitrogen and oxygen atoms in total. The molecule has 0 spiro atoms. The van der Waals surface area contributed by atoms with Crippen LogP contribution in [0.1, 0.15) is 17.2 Å². The summed E-state index contributed by atoms with van der Waals surface area (Å²) < 4.78 is 17.6. The summed E-state index contributed by atoms with van der Waals surface area (Å²) >= 11 is 0. The Bertz CT molecular complexity index is 610. The van der Waals surface area contributed by atoms with E-state index in [-0.39, 0.29) is 6.16 Å². The Balaban J connectivity index is 2.23. The Morgan fingerprint density at radius 1 is 1.10 bits per heavy atom. The van der Waals surface area contributed by atoms with Crippen LogP contribution in [0.2, 0.25) is 0 Å². The zero-order valence-electron chi connectivity index (χ0n) is 11.8. The lowest BCUT2D eigenvalue weighted by atomic mass is 10.0. The maximum atomic E-state index is 12.0. The number of hydrogen-bond donors (Lipinski definition) is 1. The van der Waals surface area contributed by atoms with Gasteiger partial charge in [-0.2, -0.15) is 0 Å². The summed E-state index contributed by atoms with van der Waals surface area (Å²) in [6.45, 7) is 3.50. The van der Waals surface area contributed by atoms with Crippen LogP contribution in [0.3, 0.4) is 0 Å². The summed E-state index contributed by atoms with van der Waals surface area (Å²) in [6.07, 6.45) is 1.45. The van der Waals surface area contributed by atoms with Crippen molar-refractivity contribution >= 4 is 7.60 Å². The van der Waals surface area contributed by atoms with Crippen molar-refractivity contribution in [3.8, 4) is 0 Å². The van der Waals surface area contributed by atoms with E-state index < -0.39 is 13.7 Å². The van der Waals surface area contributed by atoms with Gasteiger partial charge in [-0.15, -0.1) is 6.58 Å². The van der Waals surface area contributed by atoms with Crippen LogP contribution in [0.15, 0.2) is 73.3 Å². The first-order valence-corrected chi connectivity index (χ1v) is 8.57. The number of benzene rings is 2. The second-order valence-electron chi connectivity index (χ2n) is 4.80. The van der Waals surface area contributed by atoms with E-state index in [1.807, 2.05) is 60.7 Å². The van der Waals surface area contributed by atoms with Crippen molar-refractivity contribution in [1.29, 1.82) is 0 Å². The van der Waals surface area contributed by atoms with Gasteiger partial charge in [-0.05, 0) is 11.1 Å². The maximum absolute atomic E-state index is 12.0. The molecule has 2 aromatic carbocycles. The zero-order chi connectivity index (χ0) is 15.1. The molecule has 0 saturated carbocycles. The van der Waals surface area contributed by atoms with Crippen molar-refractivity contribution in [3.63, 3.8) is 0 Å². The maximum Gasteiger partial charge on any atom is 0.332 e. The average molecular weight is 302 g/mol. The van der Waals surface area contributed by atoms with Gasteiger partial charge in [-0.25, -0.2) is 0 Å². The van der Waals surface area contributed by atoms with Gasteiger partial charge in [0.1, 0.15) is 0 Å². The highest BCUT2D eigenvalue weighted by atomic mass is 31.2. The second kappa shape index (κ2) is 7.37. The monoisotopic (exact) mass is 302 g/mol. The Morgan fingerprint density at radius 3 is 2.24 bits per heavy atom. The first-order chi connectivity index (χ1) is 10.1. The first-order valence-electron chi connectivity index (χ1n) is 6.81. The van der Waals surface area contributed by atoms with E-state index in [9.17, 15) is 9.46 Å². The van der Waals surface area contributed by atoms with Crippen molar-refractivity contribution in [1.82, 2.24) is 0 Å². The summed E-state index contributed by atoms with van der Waals surface area (Å²) in [5.74, 6) is 0. The molecule has 4 heteroatoms. The molecule has 0 aromatic heterocycles. The van der Waals surface area contributed by atoms with E-state index in [0.29, 0.717) is 6.42 Å². The van der Waals surface area contributed by atoms with Crippen LogP contribution in [0, 0.1) is 0 Å². The number of allylic oxidation sites excluding steroid dienone is 1. The van der Waals surface area contributed by atoms with Crippen molar-refractivity contribution in [2.24, 2.45) is 0 Å². The van der Waals surface area contributed by atoms with Gasteiger partial charge in [-0.1, -0.05) is 66.7 Å². The van der Waals surface area contributed by atoms with E-state index in [1.54, 1.807) is 0 Å². The third-order valence-electron chi connectivity index (χ3n) is 3.09. The van der Waals surface area contributed by atoms with E-state index in [1.165, 1.54) is 6.08 Å². The molecular formula is C17H19O3P. The highest BCUT2D eigenvalue weighted by Gasteiger charge is 2.24. The third kappa shape index (κ3) is 4.98. The molecule has 2 rings (SSSR count). The summed E-state index contributed by atoms with van der Waals surface area (Å²) in [5.41, 5.74) is 1.95. The minimum atomic E-state index is -3.67. The standard InChI is InChI=1S/C17H19O3P/c1-2-13-21(18,19)20-17(16-11-7-4-8-12-16)14-15-9-5-3-6-10-15/h2-12,17H,1,13-14H2,(H,18,19). The van der Waals surface area contributed by atoms with E-state index >= 15 is 0 Å². The second-order valence-corrected chi connectivity index (χ2v) is 6.65. The fourth-order valence-electron chi connectivity index (χ4n) is 2.12. The summed E-state index contributed by atoms with van der Waals surface area (Å²) in [7, 11) is -3.67. The smallest absolute Gasteiger partial charge is 0.324 e. The normalized spacial score (nSPS) is 15.1. The Hall–Kier alpha value is -1.67. The van der Waals surface area contributed by atoms with Gasteiger partial charge in [0.05, 0.1) is 12.3 Å². The number of rotatable bonds is 7. The highest BCUT2D eigenvalue weighted by Crippen LogP contribution is 2.47. The van der Waals surface area contributed by atoms with Crippen molar-refractivity contribution in [2.45, 2.75) is 12.5 Å². The molecule has 2 aromatic rings. The van der Waals surface area contributed by atoms with Crippen molar-refractivity contribution < 1.29 is 14.0 Å². The largest absolute Gasteiger partial charge is 0.332 e. The molecule has 0 saturated heterocycles. The van der Waals surface area contributed by atoms with Gasteiger partial charge in [0.25, 0.3) is 0 Å². The Morgan fingerprint density at radius 2 is 1.67 bits per heavy atom. The van der Waals surface area contributed by atoms with Gasteiger partial charge in [0, 0.05) is 6.42 Å². The highest BCUT2D eigenvalue weighted by molar-refractivity contribution is 7.53. The number of hydrogen-bond acceptors (Lipinski definition) is 2. The van der Waals surface area contributed by atoms with Crippen molar-refractivity contribution in [2.75, 3.05) is 6.16 Å². The fourth-order valence-corrected chi connectivity index (χ4v) is 3.12. The van der Waals surface area contributed by atoms with Gasteiger partial charge in [0.2, 0.25) is 0 Å². The molecule has 110 valence electrons. The molecule has 0 aliphatic heterocycles. The molecule has 0 fully saturated rings. The topological polar surface area (TPSA) is 46.5 Å². The molecule has 0 heterocycles. The molecule has 0 bridgehead atoms. The van der Waals surface area contributed by atoms with Crippen LogP contribution in [0.4, 0.5) is 0 Å². The molecule has 0 radical (unpaired) electrons. The SMILES string of the molecule is C=CCP(=O)(O)OC(Cc1ccccc1)c1ccccc1. The molecule has 0 aliphatic carbocycles. The summed E-state index contributed by atoms with van der Waals surface area (Å²) in [4.78, 5) is 9.89. The average Bonchev–Trinajstić information content (AvgIpc) is 2.48. The van der Waals surface area contributed by atoms with Crippen LogP contribution in [0.25, 0.3) is 0 Å². The summed E-state index contributed by atoms with van der Waals surface area (Å²) in [5, 5.41) is 0. The van der Waals surface area contributed by atoms with Gasteiger partial charge >= 0.3 is 7.60 Å². The van der Waals surface area contributed by atoms with E-state index in [0.717, 1.165) is 11.1 Å². The lowest BCUT2D eigenvalue weighted by molar-refractivity contribution is 0.177. The third-order valence-corrected chi connectivity index (χ3v) is 4.39. The molecule has 2 atom stereocenters.